The van der Waals surface area contributed by atoms with E-state index in [9.17, 15) is 0 Å². The largest absolute Gasteiger partial charge is 0.497 e. The molecule has 2 rings (SSSR count). The number of benzene rings is 1. The Labute approximate surface area is 142 Å². The first-order valence-electron chi connectivity index (χ1n) is 7.87. The Hall–Kier alpha value is -2.01. The third kappa shape index (κ3) is 5.60. The molecule has 0 atom stereocenters. The molecular weight excluding hydrogens is 306 g/mol. The maximum absolute atomic E-state index is 5.20. The van der Waals surface area contributed by atoms with E-state index in [1.54, 1.807) is 18.4 Å². The van der Waals surface area contributed by atoms with Crippen molar-refractivity contribution in [3.63, 3.8) is 0 Å². The first-order valence-corrected chi connectivity index (χ1v) is 8.75. The van der Waals surface area contributed by atoms with Crippen LogP contribution in [0.5, 0.6) is 5.75 Å². The Morgan fingerprint density at radius 2 is 2.04 bits per heavy atom. The lowest BCUT2D eigenvalue weighted by Gasteiger charge is -2.22. The van der Waals surface area contributed by atoms with Crippen molar-refractivity contribution in [1.29, 1.82) is 0 Å². The second-order valence-electron chi connectivity index (χ2n) is 5.27. The SMILES string of the molecule is CCNC(=NCCc1cccs1)N(C)Cc1ccc(OC)cc1. The monoisotopic (exact) mass is 331 g/mol. The van der Waals surface area contributed by atoms with Crippen molar-refractivity contribution >= 4 is 17.3 Å². The Kier molecular flexibility index (Phi) is 6.94. The molecule has 1 aromatic heterocycles. The zero-order valence-electron chi connectivity index (χ0n) is 14.1. The van der Waals surface area contributed by atoms with Crippen LogP contribution in [-0.4, -0.2) is 38.1 Å². The number of guanidine groups is 1. The Bertz CT molecular complexity index is 593. The van der Waals surface area contributed by atoms with Gasteiger partial charge in [-0.05, 0) is 36.1 Å². The molecule has 1 N–H and O–H groups in total. The third-order valence-corrected chi connectivity index (χ3v) is 4.41. The highest BCUT2D eigenvalue weighted by molar-refractivity contribution is 7.09. The number of hydrogen-bond acceptors (Lipinski definition) is 3. The summed E-state index contributed by atoms with van der Waals surface area (Å²) in [5.41, 5.74) is 1.23. The van der Waals surface area contributed by atoms with Crippen LogP contribution in [0.3, 0.4) is 0 Å². The van der Waals surface area contributed by atoms with E-state index in [-0.39, 0.29) is 0 Å². The van der Waals surface area contributed by atoms with E-state index in [1.807, 2.05) is 12.1 Å². The lowest BCUT2D eigenvalue weighted by molar-refractivity contribution is 0.414. The molecule has 0 saturated heterocycles. The average Bonchev–Trinajstić information content (AvgIpc) is 3.08. The summed E-state index contributed by atoms with van der Waals surface area (Å²) < 4.78 is 5.20. The second-order valence-corrected chi connectivity index (χ2v) is 6.30. The minimum absolute atomic E-state index is 0.801. The molecule has 1 aromatic carbocycles. The van der Waals surface area contributed by atoms with Gasteiger partial charge in [0.15, 0.2) is 5.96 Å². The van der Waals surface area contributed by atoms with E-state index in [0.717, 1.165) is 37.8 Å². The zero-order chi connectivity index (χ0) is 16.5. The highest BCUT2D eigenvalue weighted by Crippen LogP contribution is 2.13. The summed E-state index contributed by atoms with van der Waals surface area (Å²) in [6, 6.07) is 12.4. The van der Waals surface area contributed by atoms with Crippen molar-refractivity contribution in [2.24, 2.45) is 4.99 Å². The molecule has 0 bridgehead atoms. The van der Waals surface area contributed by atoms with E-state index >= 15 is 0 Å². The highest BCUT2D eigenvalue weighted by Gasteiger charge is 2.06. The summed E-state index contributed by atoms with van der Waals surface area (Å²) in [7, 11) is 3.75. The molecule has 0 aliphatic rings. The molecule has 0 unspecified atom stereocenters. The lowest BCUT2D eigenvalue weighted by atomic mass is 10.2. The van der Waals surface area contributed by atoms with Crippen molar-refractivity contribution in [3.8, 4) is 5.75 Å². The number of thiophene rings is 1. The molecule has 4 nitrogen and oxygen atoms in total. The lowest BCUT2D eigenvalue weighted by Crippen LogP contribution is -2.38. The maximum atomic E-state index is 5.20. The quantitative estimate of drug-likeness (QED) is 0.624. The fraction of sp³-hybridized carbons (Fsp3) is 0.389. The molecule has 23 heavy (non-hydrogen) atoms. The number of ether oxygens (including phenoxy) is 1. The summed E-state index contributed by atoms with van der Waals surface area (Å²) in [5.74, 6) is 1.83. The van der Waals surface area contributed by atoms with Crippen LogP contribution in [0.25, 0.3) is 0 Å². The smallest absolute Gasteiger partial charge is 0.193 e. The normalized spacial score (nSPS) is 11.3. The minimum Gasteiger partial charge on any atom is -0.497 e. The number of rotatable bonds is 7. The van der Waals surface area contributed by atoms with Gasteiger partial charge in [-0.25, -0.2) is 0 Å². The zero-order valence-corrected chi connectivity index (χ0v) is 14.9. The van der Waals surface area contributed by atoms with Gasteiger partial charge in [-0.2, -0.15) is 0 Å². The van der Waals surface area contributed by atoms with Crippen molar-refractivity contribution in [1.82, 2.24) is 10.2 Å². The van der Waals surface area contributed by atoms with E-state index in [0.29, 0.717) is 0 Å². The predicted molar refractivity (Wildman–Crippen MR) is 98.5 cm³/mol. The molecule has 0 radical (unpaired) electrons. The Balaban J connectivity index is 1.94. The van der Waals surface area contributed by atoms with E-state index in [4.69, 9.17) is 9.73 Å². The molecule has 0 fully saturated rings. The summed E-state index contributed by atoms with van der Waals surface area (Å²) in [4.78, 5) is 8.26. The fourth-order valence-corrected chi connectivity index (χ4v) is 2.97. The van der Waals surface area contributed by atoms with Crippen LogP contribution in [0.4, 0.5) is 0 Å². The predicted octanol–water partition coefficient (Wildman–Crippen LogP) is 3.40. The minimum atomic E-state index is 0.801. The van der Waals surface area contributed by atoms with Gasteiger partial charge in [0.25, 0.3) is 0 Å². The molecular formula is C18H25N3OS. The molecule has 0 aliphatic heterocycles. The van der Waals surface area contributed by atoms with Crippen LogP contribution in [0.1, 0.15) is 17.4 Å². The van der Waals surface area contributed by atoms with Crippen LogP contribution in [0.2, 0.25) is 0 Å². The van der Waals surface area contributed by atoms with Gasteiger partial charge in [0.05, 0.1) is 7.11 Å². The van der Waals surface area contributed by atoms with Crippen LogP contribution < -0.4 is 10.1 Å². The molecule has 0 spiro atoms. The first kappa shape index (κ1) is 17.3. The van der Waals surface area contributed by atoms with Gasteiger partial charge in [-0.3, -0.25) is 4.99 Å². The maximum Gasteiger partial charge on any atom is 0.193 e. The van der Waals surface area contributed by atoms with Gasteiger partial charge in [-0.1, -0.05) is 18.2 Å². The van der Waals surface area contributed by atoms with Gasteiger partial charge in [0, 0.05) is 38.0 Å². The van der Waals surface area contributed by atoms with Crippen LogP contribution in [-0.2, 0) is 13.0 Å². The van der Waals surface area contributed by atoms with Gasteiger partial charge in [0.1, 0.15) is 5.75 Å². The fourth-order valence-electron chi connectivity index (χ4n) is 2.28. The number of methoxy groups -OCH3 is 1. The van der Waals surface area contributed by atoms with Gasteiger partial charge in [0.2, 0.25) is 0 Å². The van der Waals surface area contributed by atoms with E-state index in [1.165, 1.54) is 10.4 Å². The van der Waals surface area contributed by atoms with Crippen molar-refractivity contribution in [2.45, 2.75) is 19.9 Å². The van der Waals surface area contributed by atoms with Crippen LogP contribution in [0, 0.1) is 0 Å². The summed E-state index contributed by atoms with van der Waals surface area (Å²) >= 11 is 1.79. The second kappa shape index (κ2) is 9.20. The molecule has 0 amide bonds. The standard InChI is InChI=1S/C18H25N3OS/c1-4-19-18(20-12-11-17-6-5-13-23-17)21(2)14-15-7-9-16(22-3)10-8-15/h5-10,13H,4,11-12,14H2,1-3H3,(H,19,20). The summed E-state index contributed by atoms with van der Waals surface area (Å²) in [6.45, 7) is 4.57. The number of nitrogens with zero attached hydrogens (tertiary/aromatic N) is 2. The van der Waals surface area contributed by atoms with Crippen molar-refractivity contribution < 1.29 is 4.74 Å². The Morgan fingerprint density at radius 1 is 1.26 bits per heavy atom. The average molecular weight is 331 g/mol. The van der Waals surface area contributed by atoms with Crippen molar-refractivity contribution in [3.05, 3.63) is 52.2 Å². The number of hydrogen-bond donors (Lipinski definition) is 1. The molecule has 2 aromatic rings. The molecule has 124 valence electrons. The summed E-state index contributed by atoms with van der Waals surface area (Å²) in [6.07, 6.45) is 0.989. The molecule has 5 heteroatoms. The van der Waals surface area contributed by atoms with Crippen LogP contribution in [0.15, 0.2) is 46.8 Å². The van der Waals surface area contributed by atoms with Gasteiger partial charge < -0.3 is 15.0 Å². The third-order valence-electron chi connectivity index (χ3n) is 3.48. The van der Waals surface area contributed by atoms with E-state index < -0.39 is 0 Å². The highest BCUT2D eigenvalue weighted by atomic mass is 32.1. The van der Waals surface area contributed by atoms with Gasteiger partial charge >= 0.3 is 0 Å². The summed E-state index contributed by atoms with van der Waals surface area (Å²) in [5, 5.41) is 5.47. The molecule has 0 aliphatic carbocycles. The topological polar surface area (TPSA) is 36.9 Å². The van der Waals surface area contributed by atoms with Crippen molar-refractivity contribution in [2.75, 3.05) is 27.2 Å². The first-order chi connectivity index (χ1) is 11.2. The molecule has 1 heterocycles. The molecule has 0 saturated carbocycles. The van der Waals surface area contributed by atoms with E-state index in [2.05, 4.69) is 53.8 Å². The number of nitrogens with one attached hydrogen (secondary N) is 1. The Morgan fingerprint density at radius 3 is 2.65 bits per heavy atom. The van der Waals surface area contributed by atoms with Gasteiger partial charge in [-0.15, -0.1) is 11.3 Å². The van der Waals surface area contributed by atoms with Crippen LogP contribution >= 0.6 is 11.3 Å². The number of aliphatic imine (C=N–C) groups is 1.